The minimum Gasteiger partial charge on any atom is -0.0654 e. The van der Waals surface area contributed by atoms with Crippen molar-refractivity contribution in [3.8, 4) is 0 Å². The van der Waals surface area contributed by atoms with Gasteiger partial charge in [-0.25, -0.2) is 0 Å². The lowest BCUT2D eigenvalue weighted by Crippen LogP contribution is -2.56. The summed E-state index contributed by atoms with van der Waals surface area (Å²) in [6, 6.07) is 0. The highest BCUT2D eigenvalue weighted by atomic mass is 14.6. The lowest BCUT2D eigenvalue weighted by Gasteiger charge is -2.62. The maximum Gasteiger partial charge on any atom is -0.0321 e. The second-order valence-corrected chi connectivity index (χ2v) is 21.9. The molecular formula is C51H88. The highest BCUT2D eigenvalue weighted by Crippen LogP contribution is 2.66. The second-order valence-electron chi connectivity index (χ2n) is 21.9. The summed E-state index contributed by atoms with van der Waals surface area (Å²) < 4.78 is 0. The van der Waals surface area contributed by atoms with Crippen molar-refractivity contribution >= 4 is 0 Å². The summed E-state index contributed by atoms with van der Waals surface area (Å²) in [5.74, 6) is 20.3. The van der Waals surface area contributed by atoms with Gasteiger partial charge in [-0.05, 0) is 183 Å². The fourth-order valence-corrected chi connectivity index (χ4v) is 18.1. The Morgan fingerprint density at radius 1 is 0.490 bits per heavy atom. The first-order valence-corrected chi connectivity index (χ1v) is 25.0. The zero-order valence-corrected chi connectivity index (χ0v) is 35.1. The molecule has 8 fully saturated rings. The topological polar surface area (TPSA) is 0 Å². The van der Waals surface area contributed by atoms with Gasteiger partial charge in [-0.2, -0.15) is 0 Å². The average molecular weight is 701 g/mol. The first-order valence-electron chi connectivity index (χ1n) is 25.0. The second kappa shape index (κ2) is 17.0. The first kappa shape index (κ1) is 37.9. The van der Waals surface area contributed by atoms with E-state index in [9.17, 15) is 0 Å². The fraction of sp³-hybridized carbons (Fsp3) is 1.00. The van der Waals surface area contributed by atoms with E-state index in [4.69, 9.17) is 0 Å². The molecule has 0 bridgehead atoms. The van der Waals surface area contributed by atoms with E-state index in [1.54, 1.807) is 141 Å². The molecule has 17 atom stereocenters. The monoisotopic (exact) mass is 701 g/mol. The summed E-state index contributed by atoms with van der Waals surface area (Å²) in [5.41, 5.74) is 0. The van der Waals surface area contributed by atoms with E-state index in [2.05, 4.69) is 34.6 Å². The molecule has 0 aromatic carbocycles. The van der Waals surface area contributed by atoms with Crippen LogP contribution < -0.4 is 0 Å². The number of unbranched alkanes of at least 4 members (excludes halogenated alkanes) is 1. The van der Waals surface area contributed by atoms with E-state index in [0.29, 0.717) is 0 Å². The van der Waals surface area contributed by atoms with Gasteiger partial charge < -0.3 is 0 Å². The van der Waals surface area contributed by atoms with Gasteiger partial charge >= 0.3 is 0 Å². The van der Waals surface area contributed by atoms with Crippen LogP contribution in [0.25, 0.3) is 0 Å². The third-order valence-electron chi connectivity index (χ3n) is 20.1. The molecule has 8 saturated carbocycles. The zero-order valence-electron chi connectivity index (χ0n) is 35.1. The van der Waals surface area contributed by atoms with E-state index >= 15 is 0 Å². The van der Waals surface area contributed by atoms with Gasteiger partial charge in [0, 0.05) is 0 Å². The van der Waals surface area contributed by atoms with Crippen LogP contribution in [0, 0.1) is 112 Å². The molecule has 292 valence electrons. The SMILES string of the molecule is CCCCC(C1CCCC2CCCCC21)C1C2CCCCC2C(C2CCCCC2C(CC)CC2C(C)C3CC3C(C)C2CCC)C2CCCCC21. The Hall–Kier alpha value is 0. The van der Waals surface area contributed by atoms with Crippen molar-refractivity contribution in [1.29, 1.82) is 0 Å². The van der Waals surface area contributed by atoms with Gasteiger partial charge in [-0.1, -0.05) is 137 Å². The quantitative estimate of drug-likeness (QED) is 0.190. The van der Waals surface area contributed by atoms with Crippen LogP contribution in [0.4, 0.5) is 0 Å². The van der Waals surface area contributed by atoms with Crippen LogP contribution in [0.3, 0.4) is 0 Å². The predicted octanol–water partition coefficient (Wildman–Crippen LogP) is 15.4. The van der Waals surface area contributed by atoms with Crippen molar-refractivity contribution in [3.05, 3.63) is 0 Å². The molecule has 8 aliphatic rings. The normalized spacial score (nSPS) is 49.5. The molecule has 0 aliphatic heterocycles. The van der Waals surface area contributed by atoms with Crippen molar-refractivity contribution in [2.75, 3.05) is 0 Å². The molecule has 0 spiro atoms. The van der Waals surface area contributed by atoms with E-state index in [1.165, 1.54) is 32.1 Å². The minimum absolute atomic E-state index is 1.00. The van der Waals surface area contributed by atoms with E-state index in [0.717, 1.165) is 112 Å². The van der Waals surface area contributed by atoms with Crippen LogP contribution in [0.1, 0.15) is 208 Å². The molecular weight excluding hydrogens is 613 g/mol. The summed E-state index contributed by atoms with van der Waals surface area (Å²) in [6.45, 7) is 13.1. The molecule has 17 unspecified atom stereocenters. The largest absolute Gasteiger partial charge is 0.0654 e. The van der Waals surface area contributed by atoms with Gasteiger partial charge in [-0.15, -0.1) is 0 Å². The molecule has 51 heavy (non-hydrogen) atoms. The minimum atomic E-state index is 1.00. The molecule has 8 rings (SSSR count). The fourth-order valence-electron chi connectivity index (χ4n) is 18.1. The summed E-state index contributed by atoms with van der Waals surface area (Å²) in [5, 5.41) is 0. The third-order valence-corrected chi connectivity index (χ3v) is 20.1. The molecule has 0 aromatic heterocycles. The lowest BCUT2D eigenvalue weighted by molar-refractivity contribution is -0.137. The summed E-state index contributed by atoms with van der Waals surface area (Å²) in [7, 11) is 0. The van der Waals surface area contributed by atoms with E-state index < -0.39 is 0 Å². The van der Waals surface area contributed by atoms with Crippen molar-refractivity contribution in [2.24, 2.45) is 112 Å². The molecule has 0 saturated heterocycles. The van der Waals surface area contributed by atoms with Gasteiger partial charge in [0.25, 0.3) is 0 Å². The summed E-state index contributed by atoms with van der Waals surface area (Å²) >= 11 is 0. The molecule has 0 heterocycles. The third kappa shape index (κ3) is 7.37. The summed E-state index contributed by atoms with van der Waals surface area (Å²) in [4.78, 5) is 0. The Bertz CT molecular complexity index is 1050. The Labute approximate surface area is 319 Å². The number of fused-ring (bicyclic) bond motifs is 4. The lowest BCUT2D eigenvalue weighted by atomic mass is 9.43. The Balaban J connectivity index is 1.10. The van der Waals surface area contributed by atoms with Crippen molar-refractivity contribution < 1.29 is 0 Å². The highest BCUT2D eigenvalue weighted by Gasteiger charge is 2.59. The Morgan fingerprint density at radius 3 is 1.69 bits per heavy atom. The van der Waals surface area contributed by atoms with Gasteiger partial charge in [0.1, 0.15) is 0 Å². The molecule has 8 aliphatic carbocycles. The Kier molecular flexibility index (Phi) is 12.6. The van der Waals surface area contributed by atoms with Crippen molar-refractivity contribution in [2.45, 2.75) is 208 Å². The van der Waals surface area contributed by atoms with Gasteiger partial charge in [0.05, 0.1) is 0 Å². The zero-order chi connectivity index (χ0) is 35.1. The van der Waals surface area contributed by atoms with Gasteiger partial charge in [0.15, 0.2) is 0 Å². The summed E-state index contributed by atoms with van der Waals surface area (Å²) in [6.07, 6.45) is 42.4. The molecule has 0 nitrogen and oxygen atoms in total. The molecule has 0 heteroatoms. The van der Waals surface area contributed by atoms with Gasteiger partial charge in [-0.3, -0.25) is 0 Å². The van der Waals surface area contributed by atoms with E-state index in [-0.39, 0.29) is 0 Å². The molecule has 0 N–H and O–H groups in total. The average Bonchev–Trinajstić information content (AvgIpc) is 3.99. The number of hydrogen-bond donors (Lipinski definition) is 0. The number of hydrogen-bond acceptors (Lipinski definition) is 0. The standard InChI is InChI=1S/C51H88/c1-6-9-22-42(40-30-18-21-36-20-10-11-24-39(36)40)51-45-28-16-14-26-43(45)50(44-27-15-17-29-46(44)51)41-25-13-12-23-38(41)35(8-3)31-47-34(5)49-32-48(49)33(4)37(47)19-7-2/h33-51H,6-32H2,1-5H3. The van der Waals surface area contributed by atoms with Gasteiger partial charge in [0.2, 0.25) is 0 Å². The molecule has 0 aromatic rings. The Morgan fingerprint density at radius 2 is 1.04 bits per heavy atom. The van der Waals surface area contributed by atoms with Crippen molar-refractivity contribution in [1.82, 2.24) is 0 Å². The van der Waals surface area contributed by atoms with Crippen LogP contribution in [0.5, 0.6) is 0 Å². The first-order chi connectivity index (χ1) is 25.0. The predicted molar refractivity (Wildman–Crippen MR) is 219 cm³/mol. The molecule has 0 radical (unpaired) electrons. The van der Waals surface area contributed by atoms with Crippen LogP contribution in [0.15, 0.2) is 0 Å². The highest BCUT2D eigenvalue weighted by molar-refractivity contribution is 5.07. The van der Waals surface area contributed by atoms with E-state index in [1.807, 2.05) is 0 Å². The molecule has 0 amide bonds. The van der Waals surface area contributed by atoms with Crippen LogP contribution in [-0.2, 0) is 0 Å². The maximum absolute atomic E-state index is 2.74. The number of rotatable bonds is 12. The maximum atomic E-state index is 2.74. The smallest absolute Gasteiger partial charge is 0.0321 e. The van der Waals surface area contributed by atoms with Crippen LogP contribution >= 0.6 is 0 Å². The van der Waals surface area contributed by atoms with Crippen LogP contribution in [0.2, 0.25) is 0 Å². The van der Waals surface area contributed by atoms with Crippen LogP contribution in [-0.4, -0.2) is 0 Å². The van der Waals surface area contributed by atoms with Crippen molar-refractivity contribution in [3.63, 3.8) is 0 Å².